The van der Waals surface area contributed by atoms with Crippen molar-refractivity contribution in [1.82, 2.24) is 0 Å². The van der Waals surface area contributed by atoms with E-state index in [9.17, 15) is 4.79 Å². The van der Waals surface area contributed by atoms with E-state index in [4.69, 9.17) is 9.73 Å². The Balaban J connectivity index is 1.89. The molecule has 3 rings (SSSR count). The third-order valence-corrected chi connectivity index (χ3v) is 3.84. The number of aliphatic imine (C=N–C) groups is 1. The smallest absolute Gasteiger partial charge is 0.302 e. The van der Waals surface area contributed by atoms with Gasteiger partial charge in [0.25, 0.3) is 0 Å². The van der Waals surface area contributed by atoms with E-state index in [0.717, 1.165) is 24.1 Å². The molecule has 0 saturated heterocycles. The van der Waals surface area contributed by atoms with Crippen LogP contribution in [-0.2, 0) is 16.0 Å². The van der Waals surface area contributed by atoms with E-state index in [1.165, 1.54) is 18.1 Å². The number of fused-ring (bicyclic) bond motifs is 1. The van der Waals surface area contributed by atoms with Gasteiger partial charge in [-0.2, -0.15) is 0 Å². The Labute approximate surface area is 130 Å². The predicted molar refractivity (Wildman–Crippen MR) is 87.3 cm³/mol. The van der Waals surface area contributed by atoms with Crippen LogP contribution >= 0.6 is 0 Å². The average Bonchev–Trinajstić information content (AvgIpc) is 2.54. The molecule has 3 heteroatoms. The maximum atomic E-state index is 10.9. The van der Waals surface area contributed by atoms with Crippen LogP contribution in [0.25, 0.3) is 0 Å². The van der Waals surface area contributed by atoms with Crippen molar-refractivity contribution in [2.24, 2.45) is 4.99 Å². The number of esters is 1. The van der Waals surface area contributed by atoms with Crippen LogP contribution in [0.15, 0.2) is 59.6 Å². The lowest BCUT2D eigenvalue weighted by atomic mass is 9.89. The highest BCUT2D eigenvalue weighted by atomic mass is 16.5. The zero-order valence-electron chi connectivity index (χ0n) is 12.7. The van der Waals surface area contributed by atoms with Gasteiger partial charge in [-0.05, 0) is 12.0 Å². The quantitative estimate of drug-likeness (QED) is 0.810. The Bertz CT molecular complexity index is 692. The Morgan fingerprint density at radius 2 is 1.86 bits per heavy atom. The summed E-state index contributed by atoms with van der Waals surface area (Å²) < 4.78 is 5.07. The molecule has 0 aromatic heterocycles. The second kappa shape index (κ2) is 6.56. The lowest BCUT2D eigenvalue weighted by Gasteiger charge is -2.23. The number of nitrogens with zero attached hydrogens (tertiary/aromatic N) is 1. The maximum absolute atomic E-state index is 10.9. The second-order valence-corrected chi connectivity index (χ2v) is 5.49. The lowest BCUT2D eigenvalue weighted by molar-refractivity contribution is -0.141. The van der Waals surface area contributed by atoms with E-state index in [-0.39, 0.29) is 12.0 Å². The molecule has 2 aromatic carbocycles. The Morgan fingerprint density at radius 1 is 1.14 bits per heavy atom. The van der Waals surface area contributed by atoms with Crippen molar-refractivity contribution < 1.29 is 9.53 Å². The largest absolute Gasteiger partial charge is 0.466 e. The molecule has 0 saturated carbocycles. The molecule has 1 aliphatic rings. The van der Waals surface area contributed by atoms with Crippen molar-refractivity contribution in [2.75, 3.05) is 6.61 Å². The fourth-order valence-electron chi connectivity index (χ4n) is 2.81. The van der Waals surface area contributed by atoms with Crippen LogP contribution in [0, 0.1) is 0 Å². The van der Waals surface area contributed by atoms with Crippen LogP contribution in [0.1, 0.15) is 30.0 Å². The number of ether oxygens (including phenoxy) is 1. The van der Waals surface area contributed by atoms with Crippen molar-refractivity contribution in [3.05, 3.63) is 71.3 Å². The minimum Gasteiger partial charge on any atom is -0.466 e. The minimum atomic E-state index is -0.233. The lowest BCUT2D eigenvalue weighted by Crippen LogP contribution is -2.23. The number of hydrogen-bond acceptors (Lipinski definition) is 3. The van der Waals surface area contributed by atoms with Gasteiger partial charge in [0, 0.05) is 24.5 Å². The summed E-state index contributed by atoms with van der Waals surface area (Å²) in [7, 11) is 0. The predicted octanol–water partition coefficient (Wildman–Crippen LogP) is 3.40. The number of hydrogen-bond donors (Lipinski definition) is 0. The summed E-state index contributed by atoms with van der Waals surface area (Å²) in [5.74, 6) is -0.233. The summed E-state index contributed by atoms with van der Waals surface area (Å²) in [6, 6.07) is 18.8. The molecule has 1 heterocycles. The number of benzene rings is 2. The molecular formula is C19H19NO2. The Kier molecular flexibility index (Phi) is 4.33. The van der Waals surface area contributed by atoms with E-state index >= 15 is 0 Å². The van der Waals surface area contributed by atoms with E-state index in [2.05, 4.69) is 36.4 Å². The molecule has 0 aliphatic carbocycles. The molecule has 112 valence electrons. The highest BCUT2D eigenvalue weighted by molar-refractivity contribution is 6.14. The number of carbonyl (C=O) groups is 1. The van der Waals surface area contributed by atoms with E-state index in [1.807, 2.05) is 18.2 Å². The maximum Gasteiger partial charge on any atom is 0.302 e. The van der Waals surface area contributed by atoms with Gasteiger partial charge >= 0.3 is 5.97 Å². The highest BCUT2D eigenvalue weighted by Gasteiger charge is 2.21. The van der Waals surface area contributed by atoms with Crippen molar-refractivity contribution in [3.8, 4) is 0 Å². The Hall–Kier alpha value is -2.42. The van der Waals surface area contributed by atoms with Gasteiger partial charge in [0.05, 0.1) is 18.4 Å². The van der Waals surface area contributed by atoms with Gasteiger partial charge in [-0.15, -0.1) is 0 Å². The van der Waals surface area contributed by atoms with Gasteiger partial charge in [0.2, 0.25) is 0 Å². The fourth-order valence-corrected chi connectivity index (χ4v) is 2.81. The molecular weight excluding hydrogens is 274 g/mol. The molecule has 0 spiro atoms. The molecule has 2 aromatic rings. The first-order valence-corrected chi connectivity index (χ1v) is 7.59. The zero-order valence-corrected chi connectivity index (χ0v) is 12.7. The molecule has 0 bridgehead atoms. The monoisotopic (exact) mass is 293 g/mol. The first kappa shape index (κ1) is 14.5. The van der Waals surface area contributed by atoms with Crippen molar-refractivity contribution in [1.29, 1.82) is 0 Å². The first-order valence-electron chi connectivity index (χ1n) is 7.59. The van der Waals surface area contributed by atoms with E-state index < -0.39 is 0 Å². The van der Waals surface area contributed by atoms with Crippen LogP contribution in [-0.4, -0.2) is 24.3 Å². The normalized spacial score (nSPS) is 16.6. The van der Waals surface area contributed by atoms with Gasteiger partial charge < -0.3 is 4.74 Å². The molecule has 0 fully saturated rings. The van der Waals surface area contributed by atoms with Crippen molar-refractivity contribution in [2.45, 2.75) is 25.8 Å². The fraction of sp³-hybridized carbons (Fsp3) is 0.263. The highest BCUT2D eigenvalue weighted by Crippen LogP contribution is 2.24. The summed E-state index contributed by atoms with van der Waals surface area (Å²) in [6.45, 7) is 1.86. The minimum absolute atomic E-state index is 0.157. The Morgan fingerprint density at radius 3 is 2.64 bits per heavy atom. The van der Waals surface area contributed by atoms with Crippen LogP contribution in [0.2, 0.25) is 0 Å². The van der Waals surface area contributed by atoms with Gasteiger partial charge in [-0.1, -0.05) is 54.6 Å². The topological polar surface area (TPSA) is 38.7 Å². The third-order valence-electron chi connectivity index (χ3n) is 3.84. The summed E-state index contributed by atoms with van der Waals surface area (Å²) in [6.07, 6.45) is 1.65. The van der Waals surface area contributed by atoms with Crippen molar-refractivity contribution in [3.63, 3.8) is 0 Å². The van der Waals surface area contributed by atoms with Gasteiger partial charge in [0.1, 0.15) is 0 Å². The first-order chi connectivity index (χ1) is 10.7. The summed E-state index contributed by atoms with van der Waals surface area (Å²) in [4.78, 5) is 15.8. The van der Waals surface area contributed by atoms with Crippen LogP contribution in [0.5, 0.6) is 0 Å². The number of rotatable bonds is 4. The molecule has 0 N–H and O–H groups in total. The zero-order chi connectivity index (χ0) is 15.4. The SMILES string of the molecule is CC(=O)OCCC1Cc2ccccc2C(c2ccccc2)=N1. The molecule has 1 atom stereocenters. The van der Waals surface area contributed by atoms with Crippen LogP contribution in [0.4, 0.5) is 0 Å². The molecule has 0 amide bonds. The second-order valence-electron chi connectivity index (χ2n) is 5.49. The van der Waals surface area contributed by atoms with Crippen LogP contribution < -0.4 is 0 Å². The van der Waals surface area contributed by atoms with Crippen LogP contribution in [0.3, 0.4) is 0 Å². The summed E-state index contributed by atoms with van der Waals surface area (Å²) in [5, 5.41) is 0. The van der Waals surface area contributed by atoms with Gasteiger partial charge in [-0.3, -0.25) is 9.79 Å². The molecule has 22 heavy (non-hydrogen) atoms. The van der Waals surface area contributed by atoms with E-state index in [1.54, 1.807) is 0 Å². The molecule has 1 aliphatic heterocycles. The molecule has 3 nitrogen and oxygen atoms in total. The summed E-state index contributed by atoms with van der Waals surface area (Å²) in [5.41, 5.74) is 4.68. The van der Waals surface area contributed by atoms with Gasteiger partial charge in [-0.25, -0.2) is 0 Å². The average molecular weight is 293 g/mol. The summed E-state index contributed by atoms with van der Waals surface area (Å²) >= 11 is 0. The third kappa shape index (κ3) is 3.25. The van der Waals surface area contributed by atoms with Gasteiger partial charge in [0.15, 0.2) is 0 Å². The molecule has 1 unspecified atom stereocenters. The van der Waals surface area contributed by atoms with Crippen molar-refractivity contribution >= 4 is 11.7 Å². The number of carbonyl (C=O) groups excluding carboxylic acids is 1. The van der Waals surface area contributed by atoms with E-state index in [0.29, 0.717) is 6.61 Å². The standard InChI is InChI=1S/C19H19NO2/c1-14(21)22-12-11-17-13-16-9-5-6-10-18(16)19(20-17)15-7-3-2-4-8-15/h2-10,17H,11-13H2,1H3. The molecule has 0 radical (unpaired) electrons.